The zero-order valence-electron chi connectivity index (χ0n) is 15.9. The van der Waals surface area contributed by atoms with Crippen molar-refractivity contribution in [1.29, 1.82) is 0 Å². The Kier molecular flexibility index (Phi) is 6.71. The summed E-state index contributed by atoms with van der Waals surface area (Å²) in [6, 6.07) is 7.30. The standard InChI is InChI=1S/C19H22N4O3S2/c1-3-22(10-16-20-15-8-6-5-7-14(15)18(25)21-16)12-23-13(11-28-19(23)27)9-17(24)26-4-2/h5-8,11H,3-4,9-10,12H2,1-2H3,(H,20,21,25)/p+1. The van der Waals surface area contributed by atoms with Gasteiger partial charge in [0.15, 0.2) is 16.4 Å². The number of aromatic amines is 1. The number of nitrogens with one attached hydrogen (secondary N) is 2. The van der Waals surface area contributed by atoms with E-state index in [2.05, 4.69) is 16.9 Å². The molecule has 1 aromatic carbocycles. The lowest BCUT2D eigenvalue weighted by Crippen LogP contribution is -3.09. The van der Waals surface area contributed by atoms with Crippen molar-refractivity contribution in [1.82, 2.24) is 14.5 Å². The number of hydrogen-bond acceptors (Lipinski definition) is 6. The molecule has 0 spiro atoms. The largest absolute Gasteiger partial charge is 0.466 e. The highest BCUT2D eigenvalue weighted by Gasteiger charge is 2.16. The van der Waals surface area contributed by atoms with E-state index in [0.29, 0.717) is 40.5 Å². The Balaban J connectivity index is 1.80. The third kappa shape index (κ3) is 4.73. The molecule has 0 saturated heterocycles. The number of para-hydroxylation sites is 1. The molecule has 2 aromatic heterocycles. The van der Waals surface area contributed by atoms with E-state index in [1.807, 2.05) is 28.1 Å². The summed E-state index contributed by atoms with van der Waals surface area (Å²) in [4.78, 5) is 32.8. The van der Waals surface area contributed by atoms with Crippen LogP contribution >= 0.6 is 23.6 Å². The molecule has 3 rings (SSSR count). The number of rotatable bonds is 8. The number of aromatic nitrogens is 3. The Morgan fingerprint density at radius 3 is 2.89 bits per heavy atom. The summed E-state index contributed by atoms with van der Waals surface area (Å²) < 4.78 is 7.73. The fraction of sp³-hybridized carbons (Fsp3) is 0.368. The van der Waals surface area contributed by atoms with E-state index < -0.39 is 0 Å². The Morgan fingerprint density at radius 1 is 1.36 bits per heavy atom. The maximum Gasteiger partial charge on any atom is 0.311 e. The van der Waals surface area contributed by atoms with Crippen LogP contribution in [0.15, 0.2) is 34.4 Å². The molecule has 0 aliphatic carbocycles. The highest BCUT2D eigenvalue weighted by Crippen LogP contribution is 2.11. The Hall–Kier alpha value is -2.36. The molecule has 0 saturated carbocycles. The topological polar surface area (TPSA) is 81.4 Å². The van der Waals surface area contributed by atoms with E-state index in [4.69, 9.17) is 17.0 Å². The lowest BCUT2D eigenvalue weighted by Gasteiger charge is -2.19. The smallest absolute Gasteiger partial charge is 0.311 e. The van der Waals surface area contributed by atoms with Crippen LogP contribution in [0.1, 0.15) is 25.4 Å². The average molecular weight is 420 g/mol. The van der Waals surface area contributed by atoms with Crippen LogP contribution in [0.3, 0.4) is 0 Å². The number of nitrogens with zero attached hydrogens (tertiary/aromatic N) is 2. The van der Waals surface area contributed by atoms with Crippen molar-refractivity contribution in [3.8, 4) is 0 Å². The highest BCUT2D eigenvalue weighted by molar-refractivity contribution is 7.73. The van der Waals surface area contributed by atoms with Crippen LogP contribution in [-0.2, 0) is 29.2 Å². The number of thiazole rings is 1. The van der Waals surface area contributed by atoms with Gasteiger partial charge in [0.1, 0.15) is 6.54 Å². The van der Waals surface area contributed by atoms with Crippen LogP contribution in [0.5, 0.6) is 0 Å². The van der Waals surface area contributed by atoms with Gasteiger partial charge in [-0.2, -0.15) is 0 Å². The predicted molar refractivity (Wildman–Crippen MR) is 111 cm³/mol. The summed E-state index contributed by atoms with van der Waals surface area (Å²) in [6.45, 7) is 6.16. The fourth-order valence-electron chi connectivity index (χ4n) is 3.00. The molecule has 7 nitrogen and oxygen atoms in total. The number of fused-ring (bicyclic) bond motifs is 1. The Labute approximate surface area is 171 Å². The molecule has 0 amide bonds. The molecule has 0 aliphatic rings. The molecular weight excluding hydrogens is 396 g/mol. The van der Waals surface area contributed by atoms with Gasteiger partial charge >= 0.3 is 5.97 Å². The van der Waals surface area contributed by atoms with E-state index >= 15 is 0 Å². The Morgan fingerprint density at radius 2 is 2.14 bits per heavy atom. The molecule has 2 N–H and O–H groups in total. The predicted octanol–water partition coefficient (Wildman–Crippen LogP) is 1.68. The fourth-order valence-corrected chi connectivity index (χ4v) is 4.08. The van der Waals surface area contributed by atoms with Gasteiger partial charge in [-0.15, -0.1) is 11.3 Å². The molecule has 9 heteroatoms. The summed E-state index contributed by atoms with van der Waals surface area (Å²) in [7, 11) is 0. The maximum atomic E-state index is 12.3. The summed E-state index contributed by atoms with van der Waals surface area (Å²) >= 11 is 6.89. The summed E-state index contributed by atoms with van der Waals surface area (Å²) in [6.07, 6.45) is 0.197. The van der Waals surface area contributed by atoms with E-state index in [1.54, 1.807) is 13.0 Å². The van der Waals surface area contributed by atoms with Crippen LogP contribution in [0.25, 0.3) is 10.9 Å². The number of quaternary nitrogens is 1. The first-order valence-electron chi connectivity index (χ1n) is 9.16. The molecule has 0 aliphatic heterocycles. The van der Waals surface area contributed by atoms with Gasteiger partial charge in [0.2, 0.25) is 0 Å². The SMILES string of the molecule is CCOC(=O)Cc1csc(=S)n1C[NH+](CC)Cc1nc2ccccc2c(=O)[nH]1. The van der Waals surface area contributed by atoms with E-state index in [1.165, 1.54) is 11.3 Å². The number of carbonyl (C=O) groups excluding carboxylic acids is 1. The monoisotopic (exact) mass is 419 g/mol. The van der Waals surface area contributed by atoms with Crippen molar-refractivity contribution in [2.24, 2.45) is 0 Å². The van der Waals surface area contributed by atoms with Crippen LogP contribution in [0.4, 0.5) is 0 Å². The summed E-state index contributed by atoms with van der Waals surface area (Å²) in [5.41, 5.74) is 1.40. The van der Waals surface area contributed by atoms with Gasteiger partial charge in [0, 0.05) is 11.1 Å². The normalized spacial score (nSPS) is 12.2. The van der Waals surface area contributed by atoms with Crippen molar-refractivity contribution in [2.75, 3.05) is 13.2 Å². The molecule has 1 unspecified atom stereocenters. The molecule has 0 radical (unpaired) electrons. The lowest BCUT2D eigenvalue weighted by atomic mass is 10.2. The third-order valence-corrected chi connectivity index (χ3v) is 5.78. The second-order valence-electron chi connectivity index (χ2n) is 6.37. The van der Waals surface area contributed by atoms with E-state index in [0.717, 1.165) is 17.1 Å². The average Bonchev–Trinajstić information content (AvgIpc) is 3.01. The maximum absolute atomic E-state index is 12.3. The summed E-state index contributed by atoms with van der Waals surface area (Å²) in [5, 5.41) is 2.49. The second kappa shape index (κ2) is 9.22. The van der Waals surface area contributed by atoms with E-state index in [9.17, 15) is 9.59 Å². The molecule has 28 heavy (non-hydrogen) atoms. The van der Waals surface area contributed by atoms with Gasteiger partial charge < -0.3 is 14.6 Å². The molecule has 0 fully saturated rings. The molecule has 3 aromatic rings. The third-order valence-electron chi connectivity index (χ3n) is 4.45. The van der Waals surface area contributed by atoms with Gasteiger partial charge in [-0.1, -0.05) is 12.1 Å². The van der Waals surface area contributed by atoms with Gasteiger partial charge in [-0.05, 0) is 38.2 Å². The number of carbonyl (C=O) groups is 1. The van der Waals surface area contributed by atoms with Crippen LogP contribution < -0.4 is 10.5 Å². The molecule has 1 atom stereocenters. The minimum absolute atomic E-state index is 0.133. The van der Waals surface area contributed by atoms with Gasteiger partial charge in [-0.25, -0.2) is 4.98 Å². The summed E-state index contributed by atoms with van der Waals surface area (Å²) in [5.74, 6) is 0.372. The van der Waals surface area contributed by atoms with Gasteiger partial charge in [0.05, 0.1) is 30.5 Å². The van der Waals surface area contributed by atoms with E-state index in [-0.39, 0.29) is 17.9 Å². The number of benzene rings is 1. The van der Waals surface area contributed by atoms with Crippen LogP contribution in [0.2, 0.25) is 0 Å². The zero-order chi connectivity index (χ0) is 20.1. The quantitative estimate of drug-likeness (QED) is 0.429. The van der Waals surface area contributed by atoms with Crippen molar-refractivity contribution in [3.05, 3.63) is 55.5 Å². The van der Waals surface area contributed by atoms with Crippen molar-refractivity contribution in [2.45, 2.75) is 33.5 Å². The molecule has 0 bridgehead atoms. The lowest BCUT2D eigenvalue weighted by molar-refractivity contribution is -0.935. The number of H-pyrrole nitrogens is 1. The number of esters is 1. The first-order valence-corrected chi connectivity index (χ1v) is 10.4. The molecule has 148 valence electrons. The van der Waals surface area contributed by atoms with Crippen molar-refractivity contribution < 1.29 is 14.4 Å². The van der Waals surface area contributed by atoms with Crippen LogP contribution in [0, 0.1) is 3.95 Å². The molecular formula is C19H23N4O3S2+. The van der Waals surface area contributed by atoms with Crippen molar-refractivity contribution in [3.63, 3.8) is 0 Å². The van der Waals surface area contributed by atoms with Gasteiger partial charge in [-0.3, -0.25) is 14.2 Å². The molecule has 2 heterocycles. The van der Waals surface area contributed by atoms with Gasteiger partial charge in [0.25, 0.3) is 5.56 Å². The minimum Gasteiger partial charge on any atom is -0.466 e. The minimum atomic E-state index is -0.261. The number of hydrogen-bond donors (Lipinski definition) is 2. The second-order valence-corrected chi connectivity index (χ2v) is 7.87. The Bertz CT molecular complexity index is 1090. The highest BCUT2D eigenvalue weighted by atomic mass is 32.1. The van der Waals surface area contributed by atoms with Crippen LogP contribution in [-0.4, -0.2) is 33.7 Å². The zero-order valence-corrected chi connectivity index (χ0v) is 17.5. The first kappa shape index (κ1) is 20.4. The first-order chi connectivity index (χ1) is 13.5. The van der Waals surface area contributed by atoms with Crippen molar-refractivity contribution >= 4 is 40.4 Å². The number of ether oxygens (including phenoxy) is 1.